The number of pyridine rings is 1. The third-order valence-electron chi connectivity index (χ3n) is 5.53. The van der Waals surface area contributed by atoms with Gasteiger partial charge in [0.15, 0.2) is 0 Å². The number of H-pyrrole nitrogens is 1. The minimum Gasteiger partial charge on any atom is -0.321 e. The number of fused-ring (bicyclic) bond motifs is 1. The molecule has 4 rings (SSSR count). The standard InChI is InChI=1S/C20H24N4.BrH/c1-3-20(21,4-2)14-7-9-17(22-11-14)15-8-10-18-16(12-23-24-18)19(15)13-5-6-13;/h7-13H,3-6,21H2,1-2H3,(H,23,24);1H. The molecule has 1 aliphatic carbocycles. The zero-order valence-corrected chi connectivity index (χ0v) is 16.5. The van der Waals surface area contributed by atoms with Crippen LogP contribution in [-0.4, -0.2) is 15.2 Å². The van der Waals surface area contributed by atoms with Gasteiger partial charge in [-0.15, -0.1) is 17.0 Å². The molecule has 1 aromatic carbocycles. The van der Waals surface area contributed by atoms with Crippen molar-refractivity contribution in [1.82, 2.24) is 15.2 Å². The Kier molecular flexibility index (Phi) is 4.98. The van der Waals surface area contributed by atoms with Gasteiger partial charge < -0.3 is 5.73 Å². The third-order valence-corrected chi connectivity index (χ3v) is 5.53. The second kappa shape index (κ2) is 6.89. The molecule has 2 aromatic heterocycles. The number of rotatable bonds is 5. The Morgan fingerprint density at radius 1 is 1.12 bits per heavy atom. The summed E-state index contributed by atoms with van der Waals surface area (Å²) in [5.74, 6) is 0.641. The van der Waals surface area contributed by atoms with Crippen molar-refractivity contribution in [2.45, 2.75) is 51.0 Å². The second-order valence-corrected chi connectivity index (χ2v) is 6.93. The van der Waals surface area contributed by atoms with Crippen molar-refractivity contribution in [1.29, 1.82) is 0 Å². The molecule has 0 amide bonds. The van der Waals surface area contributed by atoms with Crippen LogP contribution in [0, 0.1) is 0 Å². The molecule has 1 aliphatic rings. The van der Waals surface area contributed by atoms with Crippen molar-refractivity contribution in [3.05, 3.63) is 47.8 Å². The SMILES string of the molecule is Br.CCC(N)(CC)c1ccc(-c2ccc3[nH]ncc3c2C2CC2)nc1. The van der Waals surface area contributed by atoms with Crippen LogP contribution in [0.25, 0.3) is 22.2 Å². The Balaban J connectivity index is 0.00000182. The van der Waals surface area contributed by atoms with E-state index in [1.54, 1.807) is 0 Å². The Morgan fingerprint density at radius 2 is 1.88 bits per heavy atom. The first kappa shape index (κ1) is 18.1. The lowest BCUT2D eigenvalue weighted by molar-refractivity contribution is 0.411. The summed E-state index contributed by atoms with van der Waals surface area (Å²) in [6.45, 7) is 4.27. The molecule has 1 fully saturated rings. The highest BCUT2D eigenvalue weighted by molar-refractivity contribution is 8.93. The second-order valence-electron chi connectivity index (χ2n) is 6.93. The summed E-state index contributed by atoms with van der Waals surface area (Å²) in [6.07, 6.45) is 8.25. The summed E-state index contributed by atoms with van der Waals surface area (Å²) in [6, 6.07) is 8.54. The Labute approximate surface area is 159 Å². The highest BCUT2D eigenvalue weighted by Crippen LogP contribution is 2.47. The highest BCUT2D eigenvalue weighted by Gasteiger charge is 2.29. The molecule has 0 saturated heterocycles. The van der Waals surface area contributed by atoms with Crippen LogP contribution in [0.1, 0.15) is 56.6 Å². The zero-order chi connectivity index (χ0) is 16.7. The number of benzene rings is 1. The summed E-state index contributed by atoms with van der Waals surface area (Å²) < 4.78 is 0. The maximum atomic E-state index is 6.50. The third kappa shape index (κ3) is 3.11. The van der Waals surface area contributed by atoms with E-state index in [2.05, 4.69) is 48.3 Å². The van der Waals surface area contributed by atoms with Gasteiger partial charge in [-0.3, -0.25) is 10.1 Å². The predicted octanol–water partition coefficient (Wildman–Crippen LogP) is 5.05. The summed E-state index contributed by atoms with van der Waals surface area (Å²) in [4.78, 5) is 4.76. The average molecular weight is 401 g/mol. The van der Waals surface area contributed by atoms with Crippen LogP contribution >= 0.6 is 17.0 Å². The van der Waals surface area contributed by atoms with E-state index in [0.717, 1.165) is 29.6 Å². The van der Waals surface area contributed by atoms with E-state index in [4.69, 9.17) is 10.7 Å². The van der Waals surface area contributed by atoms with Gasteiger partial charge in [0.25, 0.3) is 0 Å². The zero-order valence-electron chi connectivity index (χ0n) is 14.7. The molecule has 1 saturated carbocycles. The molecule has 25 heavy (non-hydrogen) atoms. The van der Waals surface area contributed by atoms with Crippen molar-refractivity contribution < 1.29 is 0 Å². The van der Waals surface area contributed by atoms with Crippen molar-refractivity contribution in [3.8, 4) is 11.3 Å². The highest BCUT2D eigenvalue weighted by atomic mass is 79.9. The predicted molar refractivity (Wildman–Crippen MR) is 108 cm³/mol. The number of aromatic nitrogens is 3. The molecule has 3 N–H and O–H groups in total. The molecular formula is C20H25BrN4. The van der Waals surface area contributed by atoms with Gasteiger partial charge in [-0.1, -0.05) is 26.0 Å². The first-order valence-corrected chi connectivity index (χ1v) is 8.88. The van der Waals surface area contributed by atoms with Gasteiger partial charge in [-0.2, -0.15) is 5.10 Å². The maximum absolute atomic E-state index is 6.50. The monoisotopic (exact) mass is 400 g/mol. The molecule has 0 atom stereocenters. The summed E-state index contributed by atoms with van der Waals surface area (Å²) in [7, 11) is 0. The molecule has 4 nitrogen and oxygen atoms in total. The van der Waals surface area contributed by atoms with Gasteiger partial charge in [-0.25, -0.2) is 0 Å². The van der Waals surface area contributed by atoms with E-state index in [0.29, 0.717) is 5.92 Å². The lowest BCUT2D eigenvalue weighted by Gasteiger charge is -2.27. The lowest BCUT2D eigenvalue weighted by Crippen LogP contribution is -2.35. The first-order chi connectivity index (χ1) is 11.7. The molecule has 5 heteroatoms. The fourth-order valence-electron chi connectivity index (χ4n) is 3.58. The molecule has 2 heterocycles. The quantitative estimate of drug-likeness (QED) is 0.628. The van der Waals surface area contributed by atoms with Crippen LogP contribution in [0.15, 0.2) is 36.7 Å². The number of aromatic amines is 1. The molecular weight excluding hydrogens is 376 g/mol. The fraction of sp³-hybridized carbons (Fsp3) is 0.400. The first-order valence-electron chi connectivity index (χ1n) is 8.88. The molecule has 0 spiro atoms. The topological polar surface area (TPSA) is 67.6 Å². The van der Waals surface area contributed by atoms with Crippen LogP contribution in [0.5, 0.6) is 0 Å². The van der Waals surface area contributed by atoms with Crippen molar-refractivity contribution in [2.75, 3.05) is 0 Å². The summed E-state index contributed by atoms with van der Waals surface area (Å²) in [5, 5.41) is 8.52. The van der Waals surface area contributed by atoms with Crippen molar-refractivity contribution >= 4 is 27.9 Å². The van der Waals surface area contributed by atoms with Gasteiger partial charge in [-0.05, 0) is 54.9 Å². The van der Waals surface area contributed by atoms with Gasteiger partial charge in [0.1, 0.15) is 0 Å². The normalized spacial score (nSPS) is 14.5. The van der Waals surface area contributed by atoms with E-state index in [1.807, 2.05) is 12.4 Å². The smallest absolute Gasteiger partial charge is 0.0705 e. The Bertz CT molecular complexity index is 861. The van der Waals surface area contributed by atoms with E-state index >= 15 is 0 Å². The minimum atomic E-state index is -0.278. The van der Waals surface area contributed by atoms with E-state index in [9.17, 15) is 0 Å². The Hall–Kier alpha value is -1.72. The van der Waals surface area contributed by atoms with Crippen molar-refractivity contribution in [3.63, 3.8) is 0 Å². The van der Waals surface area contributed by atoms with Crippen molar-refractivity contribution in [2.24, 2.45) is 5.73 Å². The number of nitrogens with two attached hydrogens (primary N) is 1. The largest absolute Gasteiger partial charge is 0.321 e. The number of nitrogens with zero attached hydrogens (tertiary/aromatic N) is 2. The molecule has 0 bridgehead atoms. The Morgan fingerprint density at radius 3 is 2.48 bits per heavy atom. The van der Waals surface area contributed by atoms with Crippen LogP contribution < -0.4 is 5.73 Å². The van der Waals surface area contributed by atoms with Gasteiger partial charge in [0.2, 0.25) is 0 Å². The van der Waals surface area contributed by atoms with Gasteiger partial charge in [0.05, 0.1) is 17.4 Å². The van der Waals surface area contributed by atoms with E-state index in [-0.39, 0.29) is 22.5 Å². The number of hydrogen-bond acceptors (Lipinski definition) is 3. The van der Waals surface area contributed by atoms with E-state index in [1.165, 1.54) is 29.4 Å². The fourth-order valence-corrected chi connectivity index (χ4v) is 3.58. The summed E-state index contributed by atoms with van der Waals surface area (Å²) in [5.41, 5.74) is 12.1. The van der Waals surface area contributed by atoms with Crippen LogP contribution in [0.3, 0.4) is 0 Å². The number of hydrogen-bond donors (Lipinski definition) is 2. The summed E-state index contributed by atoms with van der Waals surface area (Å²) >= 11 is 0. The molecule has 3 aromatic rings. The minimum absolute atomic E-state index is 0. The number of halogens is 1. The van der Waals surface area contributed by atoms with Crippen LogP contribution in [0.2, 0.25) is 0 Å². The molecule has 0 aliphatic heterocycles. The lowest BCUT2D eigenvalue weighted by atomic mass is 9.86. The molecule has 0 radical (unpaired) electrons. The number of nitrogens with one attached hydrogen (secondary N) is 1. The molecule has 132 valence electrons. The van der Waals surface area contributed by atoms with Crippen LogP contribution in [0.4, 0.5) is 0 Å². The van der Waals surface area contributed by atoms with Gasteiger partial charge in [0, 0.05) is 22.7 Å². The van der Waals surface area contributed by atoms with Crippen LogP contribution in [-0.2, 0) is 5.54 Å². The van der Waals surface area contributed by atoms with E-state index < -0.39 is 0 Å². The average Bonchev–Trinajstić information content (AvgIpc) is 3.36. The van der Waals surface area contributed by atoms with Gasteiger partial charge >= 0.3 is 0 Å². The maximum Gasteiger partial charge on any atom is 0.0705 e. The molecule has 0 unspecified atom stereocenters.